The van der Waals surface area contributed by atoms with Crippen LogP contribution in [-0.4, -0.2) is 34.1 Å². The number of ether oxygens (including phenoxy) is 1. The number of benzene rings is 1. The highest BCUT2D eigenvalue weighted by Crippen LogP contribution is 2.37. The molecule has 1 aromatic carbocycles. The van der Waals surface area contributed by atoms with Gasteiger partial charge >= 0.3 is 5.97 Å². The number of rotatable bonds is 5. The molecule has 0 saturated carbocycles. The summed E-state index contributed by atoms with van der Waals surface area (Å²) in [6.45, 7) is 0.140. The van der Waals surface area contributed by atoms with E-state index in [1.54, 1.807) is 19.4 Å². The Morgan fingerprint density at radius 3 is 3.00 bits per heavy atom. The Labute approximate surface area is 147 Å². The lowest BCUT2D eigenvalue weighted by Gasteiger charge is -2.04. The number of aliphatic carboxylic acids is 1. The maximum absolute atomic E-state index is 10.7. The van der Waals surface area contributed by atoms with Gasteiger partial charge in [-0.3, -0.25) is 14.4 Å². The first-order valence-electron chi connectivity index (χ1n) is 7.08. The molecule has 0 radical (unpaired) electrons. The van der Waals surface area contributed by atoms with Crippen molar-refractivity contribution in [3.05, 3.63) is 32.6 Å². The zero-order chi connectivity index (χ0) is 17.3. The lowest BCUT2D eigenvalue weighted by molar-refractivity contribution is -0.137. The van der Waals surface area contributed by atoms with Crippen LogP contribution >= 0.6 is 23.6 Å². The number of thiazole rings is 1. The van der Waals surface area contributed by atoms with Crippen LogP contribution in [0.5, 0.6) is 11.6 Å². The van der Waals surface area contributed by atoms with Crippen molar-refractivity contribution in [3.8, 4) is 11.6 Å². The van der Waals surface area contributed by atoms with Crippen LogP contribution in [0.3, 0.4) is 0 Å². The standard InChI is InChI=1S/C16H14N2O4S2/c1-22-10-2-3-11-9(8-17-12(11)7-10)6-13-15(21)18(16(23)24-13)5-4-14(19)20/h2-3,6-8,21H,4-5H2,1H3,(H,19,20)/b9-6+. The summed E-state index contributed by atoms with van der Waals surface area (Å²) in [4.78, 5) is 15.6. The first-order chi connectivity index (χ1) is 11.5. The Morgan fingerprint density at radius 1 is 1.50 bits per heavy atom. The molecule has 1 aromatic heterocycles. The molecule has 0 aliphatic carbocycles. The number of carboxylic acids is 1. The van der Waals surface area contributed by atoms with E-state index in [0.717, 1.165) is 22.6 Å². The zero-order valence-corrected chi connectivity index (χ0v) is 14.4. The van der Waals surface area contributed by atoms with Gasteiger partial charge in [0.1, 0.15) is 5.75 Å². The number of aromatic hydroxyl groups is 1. The van der Waals surface area contributed by atoms with Gasteiger partial charge in [-0.05, 0) is 30.4 Å². The number of nitrogens with zero attached hydrogens (tertiary/aromatic N) is 2. The molecule has 2 N–H and O–H groups in total. The average molecular weight is 362 g/mol. The van der Waals surface area contributed by atoms with Crippen LogP contribution in [0.4, 0.5) is 5.69 Å². The minimum atomic E-state index is -0.937. The van der Waals surface area contributed by atoms with E-state index in [1.165, 1.54) is 15.9 Å². The fourth-order valence-electron chi connectivity index (χ4n) is 2.37. The Morgan fingerprint density at radius 2 is 2.29 bits per heavy atom. The Kier molecular flexibility index (Phi) is 4.50. The normalized spacial score (nSPS) is 14.1. The number of hydrogen-bond donors (Lipinski definition) is 2. The molecule has 0 fully saturated rings. The average Bonchev–Trinajstić information content (AvgIpc) is 3.07. The second-order valence-electron chi connectivity index (χ2n) is 5.09. The van der Waals surface area contributed by atoms with Crippen molar-refractivity contribution in [2.75, 3.05) is 7.11 Å². The van der Waals surface area contributed by atoms with Gasteiger partial charge in [0.15, 0.2) is 3.95 Å². The third kappa shape index (κ3) is 3.10. The first-order valence-corrected chi connectivity index (χ1v) is 8.30. The van der Waals surface area contributed by atoms with Crippen molar-refractivity contribution < 1.29 is 19.7 Å². The van der Waals surface area contributed by atoms with Crippen molar-refractivity contribution in [3.63, 3.8) is 0 Å². The lowest BCUT2D eigenvalue weighted by atomic mass is 10.1. The van der Waals surface area contributed by atoms with Crippen LogP contribution in [0.2, 0.25) is 0 Å². The summed E-state index contributed by atoms with van der Waals surface area (Å²) in [7, 11) is 1.60. The molecule has 6 nitrogen and oxygen atoms in total. The Bertz CT molecular complexity index is 925. The van der Waals surface area contributed by atoms with Gasteiger partial charge in [-0.25, -0.2) is 0 Å². The summed E-state index contributed by atoms with van der Waals surface area (Å²) in [5.74, 6) is -0.229. The van der Waals surface area contributed by atoms with Gasteiger partial charge in [0.05, 0.1) is 24.1 Å². The Balaban J connectivity index is 1.94. The molecular formula is C16H14N2O4S2. The monoisotopic (exact) mass is 362 g/mol. The van der Waals surface area contributed by atoms with E-state index in [9.17, 15) is 9.90 Å². The maximum Gasteiger partial charge on any atom is 0.305 e. The number of carboxylic acid groups (broad SMARTS) is 1. The number of aliphatic imine (C=N–C) groups is 1. The molecule has 0 atom stereocenters. The third-order valence-corrected chi connectivity index (χ3v) is 4.97. The molecule has 1 aliphatic rings. The molecule has 0 unspecified atom stereocenters. The Hall–Kier alpha value is -2.45. The largest absolute Gasteiger partial charge is 0.497 e. The van der Waals surface area contributed by atoms with Gasteiger partial charge < -0.3 is 14.9 Å². The van der Waals surface area contributed by atoms with Gasteiger partial charge in [0.25, 0.3) is 0 Å². The fourth-order valence-corrected chi connectivity index (χ4v) is 3.68. The second kappa shape index (κ2) is 6.58. The van der Waals surface area contributed by atoms with Crippen LogP contribution in [0.15, 0.2) is 23.2 Å². The van der Waals surface area contributed by atoms with Crippen LogP contribution in [0, 0.1) is 3.95 Å². The van der Waals surface area contributed by atoms with Crippen molar-refractivity contribution in [2.45, 2.75) is 13.0 Å². The minimum Gasteiger partial charge on any atom is -0.497 e. The molecule has 0 amide bonds. The highest BCUT2D eigenvalue weighted by molar-refractivity contribution is 7.73. The molecule has 2 heterocycles. The van der Waals surface area contributed by atoms with Crippen molar-refractivity contribution in [1.29, 1.82) is 0 Å². The molecular weight excluding hydrogens is 348 g/mol. The van der Waals surface area contributed by atoms with Gasteiger partial charge in [-0.1, -0.05) is 0 Å². The molecule has 8 heteroatoms. The lowest BCUT2D eigenvalue weighted by Crippen LogP contribution is -2.03. The number of carbonyl (C=O) groups is 1. The van der Waals surface area contributed by atoms with Crippen molar-refractivity contribution in [1.82, 2.24) is 4.57 Å². The summed E-state index contributed by atoms with van der Waals surface area (Å²) < 4.78 is 7.05. The van der Waals surface area contributed by atoms with E-state index in [2.05, 4.69) is 4.99 Å². The minimum absolute atomic E-state index is 0.0193. The van der Waals surface area contributed by atoms with Gasteiger partial charge in [-0.15, -0.1) is 11.3 Å². The summed E-state index contributed by atoms with van der Waals surface area (Å²) in [5, 5.41) is 19.1. The number of hydrogen-bond acceptors (Lipinski definition) is 6. The van der Waals surface area contributed by atoms with E-state index in [4.69, 9.17) is 22.1 Å². The maximum atomic E-state index is 10.7. The smallest absolute Gasteiger partial charge is 0.305 e. The van der Waals surface area contributed by atoms with Crippen LogP contribution in [0.1, 0.15) is 16.9 Å². The van der Waals surface area contributed by atoms with Gasteiger partial charge in [-0.2, -0.15) is 0 Å². The summed E-state index contributed by atoms with van der Waals surface area (Å²) >= 11 is 6.45. The fraction of sp³-hybridized carbons (Fsp3) is 0.188. The molecule has 2 aromatic rings. The molecule has 0 spiro atoms. The molecule has 0 saturated heterocycles. The predicted octanol–water partition coefficient (Wildman–Crippen LogP) is 3.72. The van der Waals surface area contributed by atoms with Crippen molar-refractivity contribution in [2.24, 2.45) is 4.99 Å². The summed E-state index contributed by atoms with van der Waals surface area (Å²) in [6.07, 6.45) is 3.42. The first kappa shape index (κ1) is 16.4. The van der Waals surface area contributed by atoms with Crippen LogP contribution in [0.25, 0.3) is 11.6 Å². The van der Waals surface area contributed by atoms with E-state index in [-0.39, 0.29) is 18.8 Å². The van der Waals surface area contributed by atoms with Crippen LogP contribution in [-0.2, 0) is 11.3 Å². The van der Waals surface area contributed by atoms with Crippen LogP contribution < -0.4 is 4.74 Å². The van der Waals surface area contributed by atoms with E-state index in [1.807, 2.05) is 18.2 Å². The van der Waals surface area contributed by atoms with Crippen molar-refractivity contribution >= 4 is 53.1 Å². The zero-order valence-electron chi connectivity index (χ0n) is 12.7. The van der Waals surface area contributed by atoms with Gasteiger partial charge in [0.2, 0.25) is 5.88 Å². The topological polar surface area (TPSA) is 84.1 Å². The molecule has 3 rings (SSSR count). The highest BCUT2D eigenvalue weighted by Gasteiger charge is 2.16. The molecule has 0 bridgehead atoms. The second-order valence-corrected chi connectivity index (χ2v) is 6.77. The quantitative estimate of drug-likeness (QED) is 0.792. The SMILES string of the molecule is COc1ccc2c(c1)N=C/C2=C\c1sc(=S)n(CCC(=O)O)c1O. The number of aromatic nitrogens is 1. The summed E-state index contributed by atoms with van der Waals surface area (Å²) in [5.41, 5.74) is 2.59. The molecule has 24 heavy (non-hydrogen) atoms. The molecule has 1 aliphatic heterocycles. The number of fused-ring (bicyclic) bond motifs is 1. The van der Waals surface area contributed by atoms with E-state index < -0.39 is 5.97 Å². The highest BCUT2D eigenvalue weighted by atomic mass is 32.1. The van der Waals surface area contributed by atoms with Gasteiger partial charge in [0, 0.05) is 30.0 Å². The van der Waals surface area contributed by atoms with E-state index in [0.29, 0.717) is 8.83 Å². The number of methoxy groups -OCH3 is 1. The summed E-state index contributed by atoms with van der Waals surface area (Å²) in [6, 6.07) is 5.60. The molecule has 124 valence electrons. The number of allylic oxidation sites excluding steroid dienone is 1. The third-order valence-electron chi connectivity index (χ3n) is 3.59. The predicted molar refractivity (Wildman–Crippen MR) is 96.1 cm³/mol. The van der Waals surface area contributed by atoms with E-state index >= 15 is 0 Å².